The molecule has 1 fully saturated rings. The van der Waals surface area contributed by atoms with Gasteiger partial charge in [0.2, 0.25) is 0 Å². The smallest absolute Gasteiger partial charge is 0.00997 e. The fraction of sp³-hybridized carbons (Fsp3) is 1.00. The molecule has 0 saturated carbocycles. The van der Waals surface area contributed by atoms with Crippen molar-refractivity contribution in [3.05, 3.63) is 0 Å². The van der Waals surface area contributed by atoms with Gasteiger partial charge in [0.05, 0.1) is 0 Å². The standard InChI is InChI=1S/C13H28N2/c1-2-4-6-8-10-12-14-15-13-11-9-7-5-3-1/h14-15H,1-13H2. The van der Waals surface area contributed by atoms with E-state index < -0.39 is 0 Å². The van der Waals surface area contributed by atoms with Crippen molar-refractivity contribution in [3.8, 4) is 0 Å². The van der Waals surface area contributed by atoms with Gasteiger partial charge in [-0.05, 0) is 12.8 Å². The van der Waals surface area contributed by atoms with E-state index >= 15 is 0 Å². The summed E-state index contributed by atoms with van der Waals surface area (Å²) in [5, 5.41) is 0. The van der Waals surface area contributed by atoms with Gasteiger partial charge in [0.25, 0.3) is 0 Å². The average molecular weight is 212 g/mol. The Labute approximate surface area is 95.2 Å². The molecule has 1 heterocycles. The van der Waals surface area contributed by atoms with E-state index in [1.165, 1.54) is 70.6 Å². The van der Waals surface area contributed by atoms with Gasteiger partial charge in [-0.3, -0.25) is 10.9 Å². The third-order valence-corrected chi connectivity index (χ3v) is 3.23. The molecule has 0 radical (unpaired) electrons. The van der Waals surface area contributed by atoms with Gasteiger partial charge < -0.3 is 0 Å². The third-order valence-electron chi connectivity index (χ3n) is 3.23. The van der Waals surface area contributed by atoms with E-state index in [4.69, 9.17) is 0 Å². The zero-order valence-corrected chi connectivity index (χ0v) is 10.2. The van der Waals surface area contributed by atoms with Gasteiger partial charge in [0, 0.05) is 13.1 Å². The average Bonchev–Trinajstić information content (AvgIpc) is 2.27. The summed E-state index contributed by atoms with van der Waals surface area (Å²) < 4.78 is 0. The molecule has 0 aromatic carbocycles. The lowest BCUT2D eigenvalue weighted by atomic mass is 10.1. The Bertz CT molecular complexity index is 67.1. The quantitative estimate of drug-likeness (QED) is 0.643. The van der Waals surface area contributed by atoms with Crippen LogP contribution in [0, 0.1) is 0 Å². The molecule has 1 saturated heterocycles. The van der Waals surface area contributed by atoms with E-state index in [1.54, 1.807) is 0 Å². The highest BCUT2D eigenvalue weighted by Gasteiger charge is 1.95. The van der Waals surface area contributed by atoms with Crippen LogP contribution in [-0.2, 0) is 0 Å². The summed E-state index contributed by atoms with van der Waals surface area (Å²) in [6, 6.07) is 0. The number of rotatable bonds is 0. The molecular weight excluding hydrogens is 184 g/mol. The van der Waals surface area contributed by atoms with E-state index in [1.807, 2.05) is 0 Å². The Morgan fingerprint density at radius 1 is 0.333 bits per heavy atom. The normalized spacial score (nSPS) is 24.0. The van der Waals surface area contributed by atoms with Crippen molar-refractivity contribution in [1.82, 2.24) is 10.9 Å². The monoisotopic (exact) mass is 212 g/mol. The molecule has 15 heavy (non-hydrogen) atoms. The van der Waals surface area contributed by atoms with Crippen molar-refractivity contribution in [3.63, 3.8) is 0 Å². The highest BCUT2D eigenvalue weighted by atomic mass is 15.3. The topological polar surface area (TPSA) is 24.1 Å². The van der Waals surface area contributed by atoms with Gasteiger partial charge in [0.1, 0.15) is 0 Å². The molecule has 0 aromatic heterocycles. The number of hydrogen-bond acceptors (Lipinski definition) is 2. The molecule has 0 spiro atoms. The highest BCUT2D eigenvalue weighted by molar-refractivity contribution is 4.52. The Morgan fingerprint density at radius 3 is 0.933 bits per heavy atom. The third kappa shape index (κ3) is 8.88. The van der Waals surface area contributed by atoms with E-state index in [0.717, 1.165) is 13.1 Å². The van der Waals surface area contributed by atoms with Crippen molar-refractivity contribution in [2.75, 3.05) is 13.1 Å². The molecule has 0 atom stereocenters. The zero-order valence-electron chi connectivity index (χ0n) is 10.2. The summed E-state index contributed by atoms with van der Waals surface area (Å²) in [5.41, 5.74) is 6.61. The molecule has 1 aliphatic rings. The van der Waals surface area contributed by atoms with E-state index in [0.29, 0.717) is 0 Å². The first-order valence-corrected chi connectivity index (χ1v) is 6.96. The van der Waals surface area contributed by atoms with Crippen LogP contribution in [0.3, 0.4) is 0 Å². The first kappa shape index (κ1) is 13.0. The lowest BCUT2D eigenvalue weighted by Crippen LogP contribution is -2.33. The summed E-state index contributed by atoms with van der Waals surface area (Å²) in [5.74, 6) is 0. The molecule has 2 heteroatoms. The molecular formula is C13H28N2. The maximum Gasteiger partial charge on any atom is 0.00997 e. The maximum atomic E-state index is 3.30. The SMILES string of the molecule is C1CCCCCCNNCCCCCC1. The summed E-state index contributed by atoms with van der Waals surface area (Å²) >= 11 is 0. The molecule has 0 aromatic rings. The molecule has 2 N–H and O–H groups in total. The van der Waals surface area contributed by atoms with Crippen molar-refractivity contribution < 1.29 is 0 Å². The molecule has 2 nitrogen and oxygen atoms in total. The van der Waals surface area contributed by atoms with Crippen LogP contribution in [-0.4, -0.2) is 13.1 Å². The van der Waals surface area contributed by atoms with Crippen LogP contribution in [0.15, 0.2) is 0 Å². The Hall–Kier alpha value is -0.0800. The van der Waals surface area contributed by atoms with Gasteiger partial charge in [-0.25, -0.2) is 0 Å². The molecule has 0 bridgehead atoms. The summed E-state index contributed by atoms with van der Waals surface area (Å²) in [7, 11) is 0. The van der Waals surface area contributed by atoms with Gasteiger partial charge in [-0.15, -0.1) is 0 Å². The number of hydrazine groups is 1. The van der Waals surface area contributed by atoms with Gasteiger partial charge in [-0.1, -0.05) is 57.8 Å². The van der Waals surface area contributed by atoms with Gasteiger partial charge >= 0.3 is 0 Å². The lowest BCUT2D eigenvalue weighted by Gasteiger charge is -2.06. The fourth-order valence-corrected chi connectivity index (χ4v) is 2.19. The molecule has 1 rings (SSSR count). The Morgan fingerprint density at radius 2 is 0.600 bits per heavy atom. The van der Waals surface area contributed by atoms with Crippen LogP contribution < -0.4 is 10.9 Å². The Kier molecular flexibility index (Phi) is 9.04. The molecule has 0 amide bonds. The molecule has 1 aliphatic heterocycles. The second-order valence-corrected chi connectivity index (χ2v) is 4.74. The second kappa shape index (κ2) is 10.4. The minimum Gasteiger partial charge on any atom is -0.258 e. The first-order valence-electron chi connectivity index (χ1n) is 6.96. The number of hydrogen-bond donors (Lipinski definition) is 2. The van der Waals surface area contributed by atoms with Crippen molar-refractivity contribution >= 4 is 0 Å². The van der Waals surface area contributed by atoms with Crippen LogP contribution in [0.2, 0.25) is 0 Å². The zero-order chi connectivity index (χ0) is 10.6. The van der Waals surface area contributed by atoms with Crippen molar-refractivity contribution in [2.45, 2.75) is 70.6 Å². The van der Waals surface area contributed by atoms with Crippen LogP contribution in [0.5, 0.6) is 0 Å². The summed E-state index contributed by atoms with van der Waals surface area (Å²) in [6.07, 6.45) is 15.6. The van der Waals surface area contributed by atoms with Crippen LogP contribution in [0.25, 0.3) is 0 Å². The number of nitrogens with one attached hydrogen (secondary N) is 2. The summed E-state index contributed by atoms with van der Waals surface area (Å²) in [6.45, 7) is 2.28. The molecule has 90 valence electrons. The van der Waals surface area contributed by atoms with E-state index in [-0.39, 0.29) is 0 Å². The first-order chi connectivity index (χ1) is 7.50. The highest BCUT2D eigenvalue weighted by Crippen LogP contribution is 2.11. The minimum absolute atomic E-state index is 1.14. The van der Waals surface area contributed by atoms with Crippen LogP contribution >= 0.6 is 0 Å². The maximum absolute atomic E-state index is 3.30. The van der Waals surface area contributed by atoms with Crippen molar-refractivity contribution in [2.24, 2.45) is 0 Å². The Balaban J connectivity index is 2.01. The predicted molar refractivity (Wildman–Crippen MR) is 66.8 cm³/mol. The molecule has 0 aliphatic carbocycles. The van der Waals surface area contributed by atoms with E-state index in [9.17, 15) is 0 Å². The summed E-state index contributed by atoms with van der Waals surface area (Å²) in [4.78, 5) is 0. The largest absolute Gasteiger partial charge is 0.258 e. The van der Waals surface area contributed by atoms with Gasteiger partial charge in [0.15, 0.2) is 0 Å². The molecule has 0 unspecified atom stereocenters. The van der Waals surface area contributed by atoms with Crippen molar-refractivity contribution in [1.29, 1.82) is 0 Å². The minimum atomic E-state index is 1.14. The predicted octanol–water partition coefficient (Wildman–Crippen LogP) is 3.39. The second-order valence-electron chi connectivity index (χ2n) is 4.74. The van der Waals surface area contributed by atoms with Crippen LogP contribution in [0.1, 0.15) is 70.6 Å². The van der Waals surface area contributed by atoms with E-state index in [2.05, 4.69) is 10.9 Å². The van der Waals surface area contributed by atoms with Gasteiger partial charge in [-0.2, -0.15) is 0 Å². The van der Waals surface area contributed by atoms with Crippen LogP contribution in [0.4, 0.5) is 0 Å². The fourth-order valence-electron chi connectivity index (χ4n) is 2.19. The lowest BCUT2D eigenvalue weighted by molar-refractivity contribution is 0.488.